The molecule has 0 saturated carbocycles. The molecule has 36 heavy (non-hydrogen) atoms. The largest absolute Gasteiger partial charge is 0.363 e. The number of carbonyl (C=O) groups excluding carboxylic acids is 5. The van der Waals surface area contributed by atoms with E-state index in [0.29, 0.717) is 5.56 Å². The SMILES string of the molecule is CC(C)[C@H](NC(=O)[C@H](C)NC(=O)C(NC(=O)c1ccccc1)C(C)(C)c1ccccc1)C(=O)C(N)=O. The number of carbonyl (C=O) groups is 5. The van der Waals surface area contributed by atoms with Crippen LogP contribution in [0.5, 0.6) is 0 Å². The minimum Gasteiger partial charge on any atom is -0.363 e. The first-order valence-electron chi connectivity index (χ1n) is 11.7. The van der Waals surface area contributed by atoms with Gasteiger partial charge in [-0.15, -0.1) is 0 Å². The Bertz CT molecular complexity index is 1100. The van der Waals surface area contributed by atoms with Crippen molar-refractivity contribution < 1.29 is 24.0 Å². The van der Waals surface area contributed by atoms with E-state index in [4.69, 9.17) is 5.73 Å². The Morgan fingerprint density at radius 3 is 1.78 bits per heavy atom. The minimum atomic E-state index is -1.15. The minimum absolute atomic E-state index is 0.384. The molecule has 3 atom stereocenters. The Labute approximate surface area is 211 Å². The summed E-state index contributed by atoms with van der Waals surface area (Å²) in [5.74, 6) is -4.16. The zero-order valence-corrected chi connectivity index (χ0v) is 21.2. The molecule has 0 aliphatic heterocycles. The van der Waals surface area contributed by atoms with Crippen molar-refractivity contribution in [2.45, 2.75) is 58.2 Å². The molecule has 0 radical (unpaired) electrons. The maximum atomic E-state index is 13.5. The molecule has 0 spiro atoms. The van der Waals surface area contributed by atoms with Crippen LogP contribution in [0.25, 0.3) is 0 Å². The predicted octanol–water partition coefficient (Wildman–Crippen LogP) is 1.46. The lowest BCUT2D eigenvalue weighted by molar-refractivity contribution is -0.139. The highest BCUT2D eigenvalue weighted by Gasteiger charge is 2.39. The highest BCUT2D eigenvalue weighted by atomic mass is 16.2. The average Bonchev–Trinajstić information content (AvgIpc) is 2.85. The third kappa shape index (κ3) is 7.00. The first-order chi connectivity index (χ1) is 16.9. The van der Waals surface area contributed by atoms with Gasteiger partial charge in [-0.3, -0.25) is 24.0 Å². The highest BCUT2D eigenvalue weighted by molar-refractivity contribution is 6.38. The molecule has 2 aromatic rings. The van der Waals surface area contributed by atoms with E-state index in [9.17, 15) is 24.0 Å². The van der Waals surface area contributed by atoms with Gasteiger partial charge < -0.3 is 21.7 Å². The summed E-state index contributed by atoms with van der Waals surface area (Å²) < 4.78 is 0. The van der Waals surface area contributed by atoms with Crippen molar-refractivity contribution in [2.24, 2.45) is 11.7 Å². The number of nitrogens with one attached hydrogen (secondary N) is 3. The molecule has 9 heteroatoms. The Morgan fingerprint density at radius 1 is 0.750 bits per heavy atom. The molecule has 9 nitrogen and oxygen atoms in total. The van der Waals surface area contributed by atoms with Gasteiger partial charge in [0, 0.05) is 11.0 Å². The quantitative estimate of drug-likeness (QED) is 0.349. The van der Waals surface area contributed by atoms with Crippen LogP contribution in [0.1, 0.15) is 50.5 Å². The van der Waals surface area contributed by atoms with Crippen LogP contribution in [-0.4, -0.2) is 47.5 Å². The number of benzene rings is 2. The van der Waals surface area contributed by atoms with Gasteiger partial charge in [0.2, 0.25) is 17.6 Å². The summed E-state index contributed by atoms with van der Waals surface area (Å²) >= 11 is 0. The summed E-state index contributed by atoms with van der Waals surface area (Å²) in [7, 11) is 0. The Balaban J connectivity index is 2.27. The fourth-order valence-electron chi connectivity index (χ4n) is 3.74. The number of primary amides is 1. The first kappa shape index (κ1) is 28.2. The van der Waals surface area contributed by atoms with Gasteiger partial charge in [0.1, 0.15) is 12.1 Å². The molecule has 1 unspecified atom stereocenters. The fraction of sp³-hybridized carbons (Fsp3) is 0.370. The molecule has 192 valence electrons. The first-order valence-corrected chi connectivity index (χ1v) is 11.7. The van der Waals surface area contributed by atoms with Crippen LogP contribution in [0.15, 0.2) is 60.7 Å². The lowest BCUT2D eigenvalue weighted by Crippen LogP contribution is -2.60. The molecule has 2 aromatic carbocycles. The van der Waals surface area contributed by atoms with Crippen LogP contribution in [0.4, 0.5) is 0 Å². The van der Waals surface area contributed by atoms with Gasteiger partial charge in [-0.05, 0) is 30.5 Å². The monoisotopic (exact) mass is 494 g/mol. The van der Waals surface area contributed by atoms with Gasteiger partial charge >= 0.3 is 0 Å². The number of amides is 4. The third-order valence-electron chi connectivity index (χ3n) is 6.05. The maximum absolute atomic E-state index is 13.5. The van der Waals surface area contributed by atoms with E-state index in [0.717, 1.165) is 5.56 Å². The van der Waals surface area contributed by atoms with Gasteiger partial charge in [0.15, 0.2) is 0 Å². The van der Waals surface area contributed by atoms with Crippen LogP contribution in [0, 0.1) is 5.92 Å². The summed E-state index contributed by atoms with van der Waals surface area (Å²) in [6.45, 7) is 8.41. The van der Waals surface area contributed by atoms with E-state index in [2.05, 4.69) is 16.0 Å². The van der Waals surface area contributed by atoms with Gasteiger partial charge in [-0.2, -0.15) is 0 Å². The second-order valence-corrected chi connectivity index (χ2v) is 9.55. The lowest BCUT2D eigenvalue weighted by atomic mass is 9.77. The zero-order valence-electron chi connectivity index (χ0n) is 21.2. The summed E-state index contributed by atoms with van der Waals surface area (Å²) in [6, 6.07) is 14.5. The van der Waals surface area contributed by atoms with Crippen molar-refractivity contribution in [1.29, 1.82) is 0 Å². The lowest BCUT2D eigenvalue weighted by Gasteiger charge is -2.35. The van der Waals surface area contributed by atoms with Crippen molar-refractivity contribution >= 4 is 29.4 Å². The summed E-state index contributed by atoms with van der Waals surface area (Å²) in [5, 5.41) is 7.93. The predicted molar refractivity (Wildman–Crippen MR) is 136 cm³/mol. The second-order valence-electron chi connectivity index (χ2n) is 9.55. The van der Waals surface area contributed by atoms with Crippen LogP contribution in [-0.2, 0) is 24.6 Å². The Morgan fingerprint density at radius 2 is 1.28 bits per heavy atom. The topological polar surface area (TPSA) is 147 Å². The maximum Gasteiger partial charge on any atom is 0.287 e. The highest BCUT2D eigenvalue weighted by Crippen LogP contribution is 2.27. The molecule has 2 rings (SSSR count). The molecule has 0 aliphatic carbocycles. The zero-order chi connectivity index (χ0) is 27.0. The fourth-order valence-corrected chi connectivity index (χ4v) is 3.74. The van der Waals surface area contributed by atoms with E-state index >= 15 is 0 Å². The average molecular weight is 495 g/mol. The normalized spacial score (nSPS) is 13.7. The number of hydrogen-bond donors (Lipinski definition) is 4. The number of Topliss-reactive ketones (excluding diaryl/α,β-unsaturated/α-hetero) is 1. The molecule has 0 aliphatic rings. The molecular weight excluding hydrogens is 460 g/mol. The number of hydrogen-bond acceptors (Lipinski definition) is 5. The van der Waals surface area contributed by atoms with Crippen molar-refractivity contribution in [3.63, 3.8) is 0 Å². The van der Waals surface area contributed by atoms with E-state index in [1.54, 1.807) is 44.2 Å². The third-order valence-corrected chi connectivity index (χ3v) is 6.05. The summed E-state index contributed by atoms with van der Waals surface area (Å²) in [4.78, 5) is 62.6. The number of nitrogens with two attached hydrogens (primary N) is 1. The van der Waals surface area contributed by atoms with E-state index < -0.39 is 58.9 Å². The Hall–Kier alpha value is -4.01. The molecule has 0 aromatic heterocycles. The number of rotatable bonds is 11. The van der Waals surface area contributed by atoms with Crippen molar-refractivity contribution in [1.82, 2.24) is 16.0 Å². The molecule has 5 N–H and O–H groups in total. The van der Waals surface area contributed by atoms with Gasteiger partial charge in [-0.25, -0.2) is 0 Å². The molecular formula is C27H34N4O5. The van der Waals surface area contributed by atoms with Crippen LogP contribution < -0.4 is 21.7 Å². The number of ketones is 1. The standard InChI is InChI=1S/C27H34N4O5/c1-16(2)20(21(32)23(28)33)30-24(34)17(3)29-26(36)22(27(4,5)19-14-10-7-11-15-19)31-25(35)18-12-8-6-9-13-18/h6-17,20,22H,1-5H3,(H2,28,33)(H,29,36)(H,30,34)(H,31,35)/t17-,20-,22?/m0/s1. The van der Waals surface area contributed by atoms with Crippen molar-refractivity contribution in [3.05, 3.63) is 71.8 Å². The Kier molecular flexibility index (Phi) is 9.49. The van der Waals surface area contributed by atoms with Gasteiger partial charge in [-0.1, -0.05) is 76.2 Å². The van der Waals surface area contributed by atoms with Crippen molar-refractivity contribution in [3.8, 4) is 0 Å². The molecule has 0 bridgehead atoms. The van der Waals surface area contributed by atoms with Gasteiger partial charge in [0.05, 0.1) is 6.04 Å². The van der Waals surface area contributed by atoms with E-state index in [-0.39, 0.29) is 0 Å². The second kappa shape index (κ2) is 12.1. The molecule has 0 heterocycles. The molecule has 4 amide bonds. The molecule has 0 fully saturated rings. The van der Waals surface area contributed by atoms with Crippen molar-refractivity contribution in [2.75, 3.05) is 0 Å². The van der Waals surface area contributed by atoms with E-state index in [1.807, 2.05) is 44.2 Å². The van der Waals surface area contributed by atoms with Crippen LogP contribution in [0.3, 0.4) is 0 Å². The smallest absolute Gasteiger partial charge is 0.287 e. The van der Waals surface area contributed by atoms with E-state index in [1.165, 1.54) is 6.92 Å². The summed E-state index contributed by atoms with van der Waals surface area (Å²) in [5.41, 5.74) is 5.43. The van der Waals surface area contributed by atoms with Crippen LogP contribution in [0.2, 0.25) is 0 Å². The van der Waals surface area contributed by atoms with Crippen LogP contribution >= 0.6 is 0 Å². The summed E-state index contributed by atoms with van der Waals surface area (Å²) in [6.07, 6.45) is 0. The van der Waals surface area contributed by atoms with Gasteiger partial charge in [0.25, 0.3) is 11.8 Å². The molecule has 0 saturated heterocycles.